The summed E-state index contributed by atoms with van der Waals surface area (Å²) in [5.41, 5.74) is 6.74. The van der Waals surface area contributed by atoms with Gasteiger partial charge in [0.15, 0.2) is 11.4 Å². The van der Waals surface area contributed by atoms with Crippen molar-refractivity contribution in [1.29, 1.82) is 0 Å². The molecule has 0 bridgehead atoms. The highest BCUT2D eigenvalue weighted by atomic mass is 32.2. The first-order chi connectivity index (χ1) is 24.0. The lowest BCUT2D eigenvalue weighted by molar-refractivity contribution is -0.139. The molecule has 1 saturated carbocycles. The minimum absolute atomic E-state index is 0.0445. The summed E-state index contributed by atoms with van der Waals surface area (Å²) in [7, 11) is -3.77. The predicted molar refractivity (Wildman–Crippen MR) is 188 cm³/mol. The molecule has 2 amide bonds. The van der Waals surface area contributed by atoms with Crippen LogP contribution in [-0.4, -0.2) is 97.4 Å². The monoisotopic (exact) mass is 715 g/mol. The Balaban J connectivity index is 1.37. The van der Waals surface area contributed by atoms with Crippen molar-refractivity contribution in [2.75, 3.05) is 32.4 Å². The number of rotatable bonds is 16. The molecule has 13 nitrogen and oxygen atoms in total. The topological polar surface area (TPSA) is 182 Å². The molecule has 0 spiro atoms. The second-order valence-corrected chi connectivity index (χ2v) is 16.1. The van der Waals surface area contributed by atoms with Gasteiger partial charge in [0.05, 0.1) is 18.8 Å². The molecule has 5 rings (SSSR count). The molecule has 1 aromatic carbocycles. The molecule has 14 heteroatoms. The number of likely N-dealkylation sites (tertiary alicyclic amines) is 2. The number of hydrogen-bond acceptors (Lipinski definition) is 10. The van der Waals surface area contributed by atoms with Gasteiger partial charge in [-0.05, 0) is 69.5 Å². The molecule has 0 radical (unpaired) electrons. The average Bonchev–Trinajstić information content (AvgIpc) is 3.74. The summed E-state index contributed by atoms with van der Waals surface area (Å²) in [6.07, 6.45) is 10.6. The molecule has 3 fully saturated rings. The summed E-state index contributed by atoms with van der Waals surface area (Å²) in [6.45, 7) is 1.56. The smallest absolute Gasteiger partial charge is 0.410 e. The van der Waals surface area contributed by atoms with Crippen LogP contribution in [0.15, 0.2) is 28.7 Å². The number of nitrogens with zero attached hydrogens (tertiary/aromatic N) is 3. The summed E-state index contributed by atoms with van der Waals surface area (Å²) >= 11 is 0. The summed E-state index contributed by atoms with van der Waals surface area (Å²) in [6, 6.07) is 4.96. The minimum atomic E-state index is -3.77. The third-order valence-electron chi connectivity index (χ3n) is 10.4. The number of benzene rings is 1. The zero-order valence-electron chi connectivity index (χ0n) is 29.2. The van der Waals surface area contributed by atoms with Gasteiger partial charge < -0.3 is 24.7 Å². The van der Waals surface area contributed by atoms with Crippen LogP contribution >= 0.6 is 0 Å². The number of aromatic nitrogens is 1. The van der Waals surface area contributed by atoms with Gasteiger partial charge >= 0.3 is 6.09 Å². The van der Waals surface area contributed by atoms with Crippen LogP contribution in [0.2, 0.25) is 0 Å². The number of Topliss-reactive ketones (excluding diaryl/α,β-unsaturated/α-hetero) is 2. The van der Waals surface area contributed by atoms with E-state index in [0.717, 1.165) is 51.2 Å². The number of amides is 2. The Morgan fingerprint density at radius 2 is 1.74 bits per heavy atom. The number of piperidine rings is 1. The molecule has 3 N–H and O–H groups in total. The predicted octanol–water partition coefficient (Wildman–Crippen LogP) is 4.59. The molecule has 0 unspecified atom stereocenters. The van der Waals surface area contributed by atoms with Gasteiger partial charge in [-0.15, -0.1) is 0 Å². The standard InChI is InChI=1S/C36H53N5O8S/c1-50(46,47)39-29(18-17-25-12-4-2-5-13-25)35(44)41-24-27(48-36(45)40-20-10-3-11-21-40)23-30(41)31(42)22-26(14-8-9-19-37)33(43)34-38-28-15-6-7-16-32(28)49-34/h6-7,15-16,25-27,29-30,39H,2-5,8-14,17-24,37H2,1H3/t26-,27-,29-,30+/m1/s1. The summed E-state index contributed by atoms with van der Waals surface area (Å²) in [4.78, 5) is 62.8. The van der Waals surface area contributed by atoms with Crippen molar-refractivity contribution in [2.24, 2.45) is 17.6 Å². The second-order valence-electron chi connectivity index (χ2n) is 14.3. The van der Waals surface area contributed by atoms with Crippen LogP contribution in [0, 0.1) is 11.8 Å². The maximum atomic E-state index is 14.3. The first kappa shape index (κ1) is 37.9. The van der Waals surface area contributed by atoms with Gasteiger partial charge in [-0.1, -0.05) is 50.7 Å². The van der Waals surface area contributed by atoms with Crippen molar-refractivity contribution in [3.05, 3.63) is 30.2 Å². The molecule has 3 heterocycles. The van der Waals surface area contributed by atoms with Crippen molar-refractivity contribution in [1.82, 2.24) is 19.5 Å². The van der Waals surface area contributed by atoms with E-state index in [4.69, 9.17) is 14.9 Å². The van der Waals surface area contributed by atoms with Crippen molar-refractivity contribution >= 4 is 44.7 Å². The Morgan fingerprint density at radius 1 is 1.02 bits per heavy atom. The number of para-hydroxylation sites is 2. The highest BCUT2D eigenvalue weighted by Crippen LogP contribution is 2.31. The number of nitrogens with one attached hydrogen (secondary N) is 1. The van der Waals surface area contributed by atoms with Crippen LogP contribution in [0.3, 0.4) is 0 Å². The van der Waals surface area contributed by atoms with Gasteiger partial charge in [0, 0.05) is 31.8 Å². The van der Waals surface area contributed by atoms with Gasteiger partial charge in [0.25, 0.3) is 5.89 Å². The highest BCUT2D eigenvalue weighted by Gasteiger charge is 2.45. The number of hydrogen-bond donors (Lipinski definition) is 2. The van der Waals surface area contributed by atoms with Crippen molar-refractivity contribution in [2.45, 2.75) is 114 Å². The fourth-order valence-electron chi connectivity index (χ4n) is 7.69. The lowest BCUT2D eigenvalue weighted by Crippen LogP contribution is -2.52. The summed E-state index contributed by atoms with van der Waals surface area (Å²) in [5.74, 6) is -1.73. The molecular formula is C36H53N5O8S. The number of unbranched alkanes of at least 4 members (excludes halogenated alkanes) is 1. The number of fused-ring (bicyclic) bond motifs is 1. The molecule has 3 aliphatic rings. The number of nitrogens with two attached hydrogens (primary N) is 1. The number of ketones is 2. The Morgan fingerprint density at radius 3 is 2.44 bits per heavy atom. The number of carbonyl (C=O) groups is 4. The van der Waals surface area contributed by atoms with E-state index in [1.807, 2.05) is 0 Å². The van der Waals surface area contributed by atoms with Crippen LogP contribution in [-0.2, 0) is 24.3 Å². The molecule has 1 aromatic heterocycles. The van der Waals surface area contributed by atoms with E-state index in [0.29, 0.717) is 68.8 Å². The van der Waals surface area contributed by atoms with Gasteiger partial charge in [0.1, 0.15) is 17.7 Å². The zero-order chi connectivity index (χ0) is 35.7. The highest BCUT2D eigenvalue weighted by molar-refractivity contribution is 7.88. The maximum Gasteiger partial charge on any atom is 0.410 e. The zero-order valence-corrected chi connectivity index (χ0v) is 30.0. The van der Waals surface area contributed by atoms with E-state index in [9.17, 15) is 27.6 Å². The maximum absolute atomic E-state index is 14.3. The summed E-state index contributed by atoms with van der Waals surface area (Å²) in [5, 5.41) is 0. The van der Waals surface area contributed by atoms with E-state index in [2.05, 4.69) is 9.71 Å². The van der Waals surface area contributed by atoms with E-state index in [-0.39, 0.29) is 31.1 Å². The molecule has 1 aliphatic carbocycles. The molecule has 2 aromatic rings. The largest absolute Gasteiger partial charge is 0.444 e. The van der Waals surface area contributed by atoms with E-state index < -0.39 is 51.9 Å². The Bertz CT molecular complexity index is 1550. The SMILES string of the molecule is CS(=O)(=O)N[C@H](CCC1CCCCC1)C(=O)N1C[C@H](OC(=O)N2CCCCC2)C[C@H]1C(=O)C[C@@H](CCCCN)C(=O)c1nc2ccccc2o1. The average molecular weight is 716 g/mol. The third-order valence-corrected chi connectivity index (χ3v) is 11.1. The fourth-order valence-corrected chi connectivity index (χ4v) is 8.42. The molecule has 50 heavy (non-hydrogen) atoms. The Kier molecular flexibility index (Phi) is 13.4. The second kappa shape index (κ2) is 17.7. The first-order valence-corrected chi connectivity index (χ1v) is 20.3. The van der Waals surface area contributed by atoms with Gasteiger partial charge in [-0.25, -0.2) is 22.9 Å². The summed E-state index contributed by atoms with van der Waals surface area (Å²) < 4.78 is 39.1. The van der Waals surface area contributed by atoms with Gasteiger partial charge in [-0.3, -0.25) is 14.4 Å². The third kappa shape index (κ3) is 10.3. The molecular weight excluding hydrogens is 662 g/mol. The van der Waals surface area contributed by atoms with Crippen LogP contribution in [0.1, 0.15) is 107 Å². The van der Waals surface area contributed by atoms with Gasteiger partial charge in [0.2, 0.25) is 21.7 Å². The molecule has 2 aliphatic heterocycles. The van der Waals surface area contributed by atoms with Crippen LogP contribution < -0.4 is 10.5 Å². The van der Waals surface area contributed by atoms with E-state index in [1.165, 1.54) is 11.3 Å². The lowest BCUT2D eigenvalue weighted by Gasteiger charge is -2.30. The fraction of sp³-hybridized carbons (Fsp3) is 0.694. The van der Waals surface area contributed by atoms with E-state index >= 15 is 0 Å². The van der Waals surface area contributed by atoms with Crippen LogP contribution in [0.5, 0.6) is 0 Å². The first-order valence-electron chi connectivity index (χ1n) is 18.4. The quantitative estimate of drug-likeness (QED) is 0.184. The van der Waals surface area contributed by atoms with Crippen molar-refractivity contribution < 1.29 is 36.7 Å². The Labute approximate surface area is 295 Å². The van der Waals surface area contributed by atoms with Crippen molar-refractivity contribution in [3.8, 4) is 0 Å². The number of carbonyl (C=O) groups excluding carboxylic acids is 4. The molecule has 4 atom stereocenters. The van der Waals surface area contributed by atoms with Gasteiger partial charge in [-0.2, -0.15) is 0 Å². The number of ether oxygens (including phenoxy) is 1. The van der Waals surface area contributed by atoms with E-state index in [1.54, 1.807) is 29.2 Å². The Hall–Kier alpha value is -3.36. The van der Waals surface area contributed by atoms with Crippen molar-refractivity contribution in [3.63, 3.8) is 0 Å². The minimum Gasteiger partial charge on any atom is -0.444 e. The number of oxazole rings is 1. The van der Waals surface area contributed by atoms with Crippen LogP contribution in [0.25, 0.3) is 11.1 Å². The normalized spacial score (nSPS) is 21.6. The molecule has 276 valence electrons. The number of sulfonamides is 1. The van der Waals surface area contributed by atoms with Crippen LogP contribution in [0.4, 0.5) is 4.79 Å². The molecule has 2 saturated heterocycles. The lowest BCUT2D eigenvalue weighted by atomic mass is 9.85.